The second-order valence-corrected chi connectivity index (χ2v) is 5.60. The highest BCUT2D eigenvalue weighted by molar-refractivity contribution is 5.67. The molecule has 0 spiro atoms. The fourth-order valence-corrected chi connectivity index (χ4v) is 2.19. The molecule has 3 rings (SSSR count). The first kappa shape index (κ1) is 21.6. The van der Waals surface area contributed by atoms with Crippen LogP contribution in [0.2, 0.25) is 0 Å². The number of pyridine rings is 1. The predicted molar refractivity (Wildman–Crippen MR) is 108 cm³/mol. The van der Waals surface area contributed by atoms with Crippen molar-refractivity contribution < 1.29 is 19.9 Å². The van der Waals surface area contributed by atoms with Gasteiger partial charge in [-0.2, -0.15) is 0 Å². The summed E-state index contributed by atoms with van der Waals surface area (Å²) in [4.78, 5) is 32.0. The normalized spacial score (nSPS) is 10.1. The molecule has 152 valence electrons. The van der Waals surface area contributed by atoms with Crippen molar-refractivity contribution in [3.8, 4) is 5.75 Å². The van der Waals surface area contributed by atoms with E-state index in [-0.39, 0.29) is 0 Å². The highest BCUT2D eigenvalue weighted by Gasteiger charge is 2.30. The van der Waals surface area contributed by atoms with Crippen LogP contribution in [0.4, 0.5) is 17.1 Å². The third kappa shape index (κ3) is 5.92. The third-order valence-corrected chi connectivity index (χ3v) is 3.59. The number of hydrogen-bond acceptors (Lipinski definition) is 8. The first-order chi connectivity index (χ1) is 14.3. The van der Waals surface area contributed by atoms with Crippen LogP contribution in [0, 0.1) is 30.3 Å². The van der Waals surface area contributed by atoms with Crippen LogP contribution in [0.25, 0.3) is 12.2 Å². The Bertz CT molecular complexity index is 1010. The third-order valence-electron chi connectivity index (χ3n) is 3.59. The van der Waals surface area contributed by atoms with Gasteiger partial charge in [-0.3, -0.25) is 35.3 Å². The van der Waals surface area contributed by atoms with Gasteiger partial charge in [0.15, 0.2) is 0 Å². The number of nitro groups is 3. The number of non-ortho nitro benzene ring substituents is 1. The van der Waals surface area contributed by atoms with E-state index in [9.17, 15) is 30.3 Å². The van der Waals surface area contributed by atoms with Gasteiger partial charge in [-0.25, -0.2) is 0 Å². The fourth-order valence-electron chi connectivity index (χ4n) is 2.19. The average molecular weight is 410 g/mol. The Hall–Kier alpha value is -4.67. The first-order valence-corrected chi connectivity index (χ1v) is 8.24. The van der Waals surface area contributed by atoms with E-state index in [4.69, 9.17) is 5.11 Å². The number of nitrogens with zero attached hydrogens (tertiary/aromatic N) is 4. The average Bonchev–Trinajstić information content (AvgIpc) is 2.74. The molecule has 0 fully saturated rings. The molecular weight excluding hydrogens is 396 g/mol. The van der Waals surface area contributed by atoms with Gasteiger partial charge in [0, 0.05) is 6.20 Å². The quantitative estimate of drug-likeness (QED) is 0.478. The van der Waals surface area contributed by atoms with Gasteiger partial charge in [0.25, 0.3) is 11.4 Å². The lowest BCUT2D eigenvalue weighted by Crippen LogP contribution is -1.97. The van der Waals surface area contributed by atoms with Crippen LogP contribution in [0.3, 0.4) is 0 Å². The van der Waals surface area contributed by atoms with Crippen LogP contribution in [-0.4, -0.2) is 24.9 Å². The van der Waals surface area contributed by atoms with Crippen LogP contribution in [-0.2, 0) is 0 Å². The van der Waals surface area contributed by atoms with Crippen molar-refractivity contribution in [2.24, 2.45) is 0 Å². The molecular formula is C19H14N4O7. The van der Waals surface area contributed by atoms with Gasteiger partial charge in [-0.1, -0.05) is 42.5 Å². The van der Waals surface area contributed by atoms with Crippen molar-refractivity contribution in [3.63, 3.8) is 0 Å². The molecule has 0 saturated carbocycles. The molecule has 1 aromatic heterocycles. The minimum Gasteiger partial charge on any atom is -0.497 e. The molecule has 0 aliphatic rings. The standard InChI is InChI=1S/C13H11N.C6H3N3O7/c1-2-6-12(7-3-1)9-10-13-8-4-5-11-14-13;10-6-4(8(13)14)1-3(7(11)12)2-5(6)9(15)16/h1-11H;1-2,10H/b10-9+;. The lowest BCUT2D eigenvalue weighted by molar-refractivity contribution is -0.404. The minimum absolute atomic E-state index is 0.447. The van der Waals surface area contributed by atoms with E-state index < -0.39 is 37.6 Å². The van der Waals surface area contributed by atoms with Crippen molar-refractivity contribution in [2.75, 3.05) is 0 Å². The Morgan fingerprint density at radius 2 is 1.33 bits per heavy atom. The molecule has 2 aromatic carbocycles. The van der Waals surface area contributed by atoms with Gasteiger partial charge >= 0.3 is 11.4 Å². The SMILES string of the molecule is C(=C\c1ccccn1)/c1ccccc1.O=[N+]([O-])c1cc([N+](=O)[O-])c(O)c([N+](=O)[O-])c1. The van der Waals surface area contributed by atoms with Crippen molar-refractivity contribution >= 4 is 29.2 Å². The van der Waals surface area contributed by atoms with E-state index in [1.807, 2.05) is 42.5 Å². The van der Waals surface area contributed by atoms with Crippen LogP contribution in [0.15, 0.2) is 66.9 Å². The molecule has 1 N–H and O–H groups in total. The summed E-state index contributed by atoms with van der Waals surface area (Å²) in [6.45, 7) is 0. The molecule has 30 heavy (non-hydrogen) atoms. The smallest absolute Gasteiger partial charge is 0.324 e. The largest absolute Gasteiger partial charge is 0.497 e. The van der Waals surface area contributed by atoms with E-state index in [1.165, 1.54) is 5.56 Å². The molecule has 11 heteroatoms. The van der Waals surface area contributed by atoms with Crippen molar-refractivity contribution in [1.82, 2.24) is 4.98 Å². The van der Waals surface area contributed by atoms with Gasteiger partial charge in [-0.05, 0) is 23.8 Å². The van der Waals surface area contributed by atoms with Gasteiger partial charge in [0.2, 0.25) is 0 Å². The molecule has 0 atom stereocenters. The summed E-state index contributed by atoms with van der Waals surface area (Å²) in [5, 5.41) is 40.2. The molecule has 11 nitrogen and oxygen atoms in total. The lowest BCUT2D eigenvalue weighted by Gasteiger charge is -1.97. The maximum atomic E-state index is 10.4. The Kier molecular flexibility index (Phi) is 7.23. The number of phenols is 1. The van der Waals surface area contributed by atoms with Crippen molar-refractivity contribution in [3.05, 3.63) is 108 Å². The lowest BCUT2D eigenvalue weighted by atomic mass is 10.2. The minimum atomic E-state index is -1.21. The molecule has 0 bridgehead atoms. The van der Waals surface area contributed by atoms with Crippen molar-refractivity contribution in [2.45, 2.75) is 0 Å². The highest BCUT2D eigenvalue weighted by Crippen LogP contribution is 2.38. The summed E-state index contributed by atoms with van der Waals surface area (Å²) in [5.74, 6) is -1.21. The Morgan fingerprint density at radius 3 is 1.80 bits per heavy atom. The van der Waals surface area contributed by atoms with Crippen LogP contribution in [0.1, 0.15) is 11.3 Å². The monoisotopic (exact) mass is 410 g/mol. The highest BCUT2D eigenvalue weighted by atomic mass is 16.6. The Morgan fingerprint density at radius 1 is 0.767 bits per heavy atom. The topological polar surface area (TPSA) is 163 Å². The Labute approximate surface area is 169 Å². The molecule has 0 radical (unpaired) electrons. The molecule has 3 aromatic rings. The van der Waals surface area contributed by atoms with Crippen LogP contribution < -0.4 is 0 Å². The summed E-state index contributed by atoms with van der Waals surface area (Å²) in [5.41, 5.74) is -0.826. The second kappa shape index (κ2) is 10.0. The van der Waals surface area contributed by atoms with E-state index >= 15 is 0 Å². The van der Waals surface area contributed by atoms with Gasteiger partial charge < -0.3 is 5.11 Å². The zero-order valence-corrected chi connectivity index (χ0v) is 15.2. The molecule has 0 aliphatic carbocycles. The molecule has 0 saturated heterocycles. The number of nitro benzene ring substituents is 3. The second-order valence-electron chi connectivity index (χ2n) is 5.60. The first-order valence-electron chi connectivity index (χ1n) is 8.24. The van der Waals surface area contributed by atoms with Gasteiger partial charge in [-0.15, -0.1) is 0 Å². The molecule has 0 amide bonds. The summed E-state index contributed by atoms with van der Waals surface area (Å²) < 4.78 is 0. The fraction of sp³-hybridized carbons (Fsp3) is 0. The summed E-state index contributed by atoms with van der Waals surface area (Å²) in [6.07, 6.45) is 5.86. The van der Waals surface area contributed by atoms with E-state index in [0.29, 0.717) is 12.1 Å². The number of rotatable bonds is 5. The maximum absolute atomic E-state index is 10.4. The number of benzene rings is 2. The zero-order chi connectivity index (χ0) is 22.1. The molecule has 0 aliphatic heterocycles. The molecule has 0 unspecified atom stereocenters. The van der Waals surface area contributed by atoms with Gasteiger partial charge in [0.05, 0.1) is 32.6 Å². The van der Waals surface area contributed by atoms with E-state index in [1.54, 1.807) is 6.20 Å². The van der Waals surface area contributed by atoms with Crippen molar-refractivity contribution in [1.29, 1.82) is 0 Å². The van der Waals surface area contributed by atoms with E-state index in [0.717, 1.165) is 5.69 Å². The summed E-state index contributed by atoms with van der Waals surface area (Å²) in [6, 6.07) is 17.0. The number of hydrogen-bond donors (Lipinski definition) is 1. The number of aromatic hydroxyl groups is 1. The number of aromatic nitrogens is 1. The summed E-state index contributed by atoms with van der Waals surface area (Å²) in [7, 11) is 0. The molecule has 1 heterocycles. The zero-order valence-electron chi connectivity index (χ0n) is 15.2. The van der Waals surface area contributed by atoms with E-state index in [2.05, 4.69) is 23.2 Å². The Balaban J connectivity index is 0.000000215. The van der Waals surface area contributed by atoms with Crippen LogP contribution >= 0.6 is 0 Å². The summed E-state index contributed by atoms with van der Waals surface area (Å²) >= 11 is 0. The predicted octanol–water partition coefficient (Wildman–Crippen LogP) is 4.37. The van der Waals surface area contributed by atoms with Gasteiger partial charge in [0.1, 0.15) is 0 Å². The maximum Gasteiger partial charge on any atom is 0.324 e. The van der Waals surface area contributed by atoms with Crippen LogP contribution in [0.5, 0.6) is 5.75 Å². The number of phenolic OH excluding ortho intramolecular Hbond substituents is 1.